The Morgan fingerprint density at radius 2 is 1.12 bits per heavy atom. The van der Waals surface area contributed by atoms with Gasteiger partial charge in [-0.3, -0.25) is 10.4 Å². The lowest BCUT2D eigenvalue weighted by molar-refractivity contribution is 1.17. The minimum Gasteiger partial charge on any atom is -0.284 e. The highest BCUT2D eigenvalue weighted by Gasteiger charge is 2.10. The van der Waals surface area contributed by atoms with Crippen molar-refractivity contribution >= 4 is 27.7 Å². The zero-order valence-corrected chi connectivity index (χ0v) is 14.5. The number of para-hydroxylation sites is 2. The summed E-state index contributed by atoms with van der Waals surface area (Å²) in [6.07, 6.45) is 0. The fourth-order valence-electron chi connectivity index (χ4n) is 2.72. The molecule has 0 atom stereocenters. The maximum atomic E-state index is 3.55. The van der Waals surface area contributed by atoms with Gasteiger partial charge in [0.1, 0.15) is 5.00 Å². The van der Waals surface area contributed by atoms with E-state index in [1.165, 1.54) is 11.1 Å². The van der Waals surface area contributed by atoms with Crippen LogP contribution in [0.15, 0.2) is 102 Å². The summed E-state index contributed by atoms with van der Waals surface area (Å²) >= 11 is 1.71. The molecule has 0 unspecified atom stereocenters. The van der Waals surface area contributed by atoms with Crippen molar-refractivity contribution in [3.8, 4) is 11.1 Å². The minimum absolute atomic E-state index is 1.10. The second-order valence-corrected chi connectivity index (χ2v) is 6.60. The molecule has 0 fully saturated rings. The summed E-state index contributed by atoms with van der Waals surface area (Å²) in [6, 6.07) is 33.3. The van der Waals surface area contributed by atoms with Gasteiger partial charge in [0, 0.05) is 5.38 Å². The summed E-state index contributed by atoms with van der Waals surface area (Å²) in [5.74, 6) is 0. The first kappa shape index (κ1) is 15.5. The van der Waals surface area contributed by atoms with Crippen LogP contribution < -0.4 is 10.4 Å². The maximum absolute atomic E-state index is 3.55. The van der Waals surface area contributed by atoms with Crippen LogP contribution in [0.5, 0.6) is 0 Å². The van der Waals surface area contributed by atoms with E-state index in [0.717, 1.165) is 16.4 Å². The van der Waals surface area contributed by atoms with Crippen LogP contribution in [0.2, 0.25) is 0 Å². The van der Waals surface area contributed by atoms with Crippen LogP contribution in [0, 0.1) is 0 Å². The molecule has 4 aromatic rings. The summed E-state index contributed by atoms with van der Waals surface area (Å²) in [5, 5.41) is 5.40. The van der Waals surface area contributed by atoms with Gasteiger partial charge in [0.25, 0.3) is 0 Å². The smallest absolute Gasteiger partial charge is 0.108 e. The molecule has 0 aliphatic carbocycles. The summed E-state index contributed by atoms with van der Waals surface area (Å²) < 4.78 is 0. The van der Waals surface area contributed by atoms with Crippen molar-refractivity contribution in [2.24, 2.45) is 0 Å². The Kier molecular flexibility index (Phi) is 4.49. The molecule has 25 heavy (non-hydrogen) atoms. The Balaban J connectivity index is 1.65. The molecule has 1 aromatic heterocycles. The van der Waals surface area contributed by atoms with E-state index >= 15 is 0 Å². The first-order chi connectivity index (χ1) is 12.4. The van der Waals surface area contributed by atoms with E-state index < -0.39 is 0 Å². The van der Waals surface area contributed by atoms with Gasteiger partial charge in [-0.15, -0.1) is 11.3 Å². The van der Waals surface area contributed by atoms with Crippen molar-refractivity contribution in [3.05, 3.63) is 102 Å². The lowest BCUT2D eigenvalue weighted by Crippen LogP contribution is -2.23. The van der Waals surface area contributed by atoms with Crippen molar-refractivity contribution in [2.45, 2.75) is 0 Å². The van der Waals surface area contributed by atoms with Crippen molar-refractivity contribution in [1.29, 1.82) is 0 Å². The number of hydrogen-bond acceptors (Lipinski definition) is 3. The molecule has 3 heteroatoms. The monoisotopic (exact) mass is 342 g/mol. The zero-order valence-electron chi connectivity index (χ0n) is 13.7. The number of nitrogens with one attached hydrogen (secondary N) is 1. The Morgan fingerprint density at radius 3 is 1.68 bits per heavy atom. The largest absolute Gasteiger partial charge is 0.284 e. The molecule has 0 aliphatic heterocycles. The van der Waals surface area contributed by atoms with Crippen molar-refractivity contribution in [2.75, 3.05) is 10.4 Å². The molecule has 0 saturated heterocycles. The van der Waals surface area contributed by atoms with Gasteiger partial charge in [-0.25, -0.2) is 0 Å². The third-order valence-electron chi connectivity index (χ3n) is 3.96. The molecule has 3 aromatic carbocycles. The summed E-state index contributed by atoms with van der Waals surface area (Å²) in [6.45, 7) is 0. The highest BCUT2D eigenvalue weighted by Crippen LogP contribution is 2.32. The van der Waals surface area contributed by atoms with Gasteiger partial charge in [0.05, 0.1) is 11.4 Å². The molecular formula is C22H18N2S. The number of nitrogens with zero attached hydrogens (tertiary/aromatic N) is 1. The van der Waals surface area contributed by atoms with Crippen LogP contribution >= 0.6 is 11.3 Å². The number of benzene rings is 3. The molecule has 1 N–H and O–H groups in total. The highest BCUT2D eigenvalue weighted by molar-refractivity contribution is 7.14. The van der Waals surface area contributed by atoms with E-state index in [1.54, 1.807) is 11.3 Å². The third-order valence-corrected chi connectivity index (χ3v) is 4.79. The molecule has 4 rings (SSSR count). The Labute approximate surface area is 152 Å². The number of thiophene rings is 1. The fraction of sp³-hybridized carbons (Fsp3) is 0. The first-order valence-corrected chi connectivity index (χ1v) is 9.09. The molecule has 0 radical (unpaired) electrons. The third kappa shape index (κ3) is 3.57. The number of rotatable bonds is 5. The van der Waals surface area contributed by atoms with Gasteiger partial charge >= 0.3 is 0 Å². The van der Waals surface area contributed by atoms with Gasteiger partial charge in [0.2, 0.25) is 0 Å². The Morgan fingerprint density at radius 1 is 0.600 bits per heavy atom. The predicted octanol–water partition coefficient (Wildman–Crippen LogP) is 6.58. The molecule has 0 saturated carbocycles. The highest BCUT2D eigenvalue weighted by atomic mass is 32.1. The van der Waals surface area contributed by atoms with Crippen LogP contribution in [-0.2, 0) is 0 Å². The molecule has 122 valence electrons. The normalized spacial score (nSPS) is 10.4. The lowest BCUT2D eigenvalue weighted by Gasteiger charge is -2.25. The van der Waals surface area contributed by atoms with Gasteiger partial charge in [-0.1, -0.05) is 66.7 Å². The van der Waals surface area contributed by atoms with Crippen LogP contribution in [0.1, 0.15) is 0 Å². The first-order valence-electron chi connectivity index (χ1n) is 8.21. The number of anilines is 3. The predicted molar refractivity (Wildman–Crippen MR) is 108 cm³/mol. The molecule has 0 aliphatic rings. The quantitative estimate of drug-likeness (QED) is 0.412. The molecule has 0 amide bonds. The van der Waals surface area contributed by atoms with Gasteiger partial charge in [-0.2, -0.15) is 0 Å². The van der Waals surface area contributed by atoms with E-state index in [9.17, 15) is 0 Å². The van der Waals surface area contributed by atoms with E-state index in [-0.39, 0.29) is 0 Å². The van der Waals surface area contributed by atoms with E-state index in [1.807, 2.05) is 18.2 Å². The van der Waals surface area contributed by atoms with Crippen molar-refractivity contribution in [3.63, 3.8) is 0 Å². The second-order valence-electron chi connectivity index (χ2n) is 5.68. The topological polar surface area (TPSA) is 15.3 Å². The number of hydrazine groups is 1. The summed E-state index contributed by atoms with van der Waals surface area (Å²) in [5.41, 5.74) is 8.22. The van der Waals surface area contributed by atoms with Crippen LogP contribution in [-0.4, -0.2) is 0 Å². The molecule has 0 bridgehead atoms. The van der Waals surface area contributed by atoms with E-state index in [2.05, 4.69) is 94.7 Å². The maximum Gasteiger partial charge on any atom is 0.108 e. The van der Waals surface area contributed by atoms with Gasteiger partial charge in [0.15, 0.2) is 0 Å². The van der Waals surface area contributed by atoms with E-state index in [0.29, 0.717) is 0 Å². The lowest BCUT2D eigenvalue weighted by atomic mass is 10.1. The second kappa shape index (κ2) is 7.24. The average molecular weight is 342 g/mol. The minimum atomic E-state index is 1.10. The zero-order chi connectivity index (χ0) is 16.9. The molecule has 1 heterocycles. The SMILES string of the molecule is c1ccc(-c2csc(NN(c3ccccc3)c3ccccc3)c2)cc1. The summed E-state index contributed by atoms with van der Waals surface area (Å²) in [4.78, 5) is 0. The fourth-order valence-corrected chi connectivity index (χ4v) is 3.52. The van der Waals surface area contributed by atoms with Crippen molar-refractivity contribution < 1.29 is 0 Å². The van der Waals surface area contributed by atoms with Crippen LogP contribution in [0.3, 0.4) is 0 Å². The Hall–Kier alpha value is -3.04. The average Bonchev–Trinajstić information content (AvgIpc) is 3.17. The van der Waals surface area contributed by atoms with Crippen molar-refractivity contribution in [1.82, 2.24) is 0 Å². The summed E-state index contributed by atoms with van der Waals surface area (Å²) in [7, 11) is 0. The van der Waals surface area contributed by atoms with Crippen LogP contribution in [0.25, 0.3) is 11.1 Å². The number of hydrogen-bond donors (Lipinski definition) is 1. The molecule has 0 spiro atoms. The van der Waals surface area contributed by atoms with Crippen LogP contribution in [0.4, 0.5) is 16.4 Å². The standard InChI is InChI=1S/C22H18N2S/c1-4-10-18(11-5-1)19-16-22(25-17-19)23-24(20-12-6-2-7-13-20)21-14-8-3-9-15-21/h1-17,23H. The molecular weight excluding hydrogens is 324 g/mol. The van der Waals surface area contributed by atoms with E-state index in [4.69, 9.17) is 0 Å². The van der Waals surface area contributed by atoms with Gasteiger partial charge < -0.3 is 0 Å². The Bertz CT molecular complexity index is 878. The van der Waals surface area contributed by atoms with Gasteiger partial charge in [-0.05, 0) is 41.5 Å². The molecule has 2 nitrogen and oxygen atoms in total.